The predicted octanol–water partition coefficient (Wildman–Crippen LogP) is 3.07. The Morgan fingerprint density at radius 3 is 2.67 bits per heavy atom. The summed E-state index contributed by atoms with van der Waals surface area (Å²) in [4.78, 5) is 10.2. The van der Waals surface area contributed by atoms with Crippen LogP contribution in [0.3, 0.4) is 0 Å². The third-order valence-corrected chi connectivity index (χ3v) is 2.23. The van der Waals surface area contributed by atoms with Crippen molar-refractivity contribution in [3.05, 3.63) is 41.5 Å². The summed E-state index contributed by atoms with van der Waals surface area (Å²) < 4.78 is 37.8. The summed E-state index contributed by atoms with van der Waals surface area (Å²) >= 11 is 0. The van der Waals surface area contributed by atoms with E-state index in [1.807, 2.05) is 0 Å². The highest BCUT2D eigenvalue weighted by Gasteiger charge is 2.32. The van der Waals surface area contributed by atoms with Gasteiger partial charge in [0.2, 0.25) is 0 Å². The number of benzene rings is 1. The molecule has 0 aliphatic rings. The molecule has 3 nitrogen and oxygen atoms in total. The number of carboxylic acid groups (broad SMARTS) is 1. The number of hydrogen-bond donors (Lipinski definition) is 2. The highest BCUT2D eigenvalue weighted by atomic mass is 19.4. The summed E-state index contributed by atoms with van der Waals surface area (Å²) in [5.41, 5.74) is -0.258. The Labute approximate surface area is 102 Å². The lowest BCUT2D eigenvalue weighted by atomic mass is 10.1. The minimum atomic E-state index is -4.39. The van der Waals surface area contributed by atoms with E-state index in [2.05, 4.69) is 5.32 Å². The molecule has 98 valence electrons. The number of alkyl halides is 3. The van der Waals surface area contributed by atoms with Gasteiger partial charge in [-0.05, 0) is 24.6 Å². The monoisotopic (exact) mass is 259 g/mol. The van der Waals surface area contributed by atoms with Crippen LogP contribution in [0.2, 0.25) is 0 Å². The van der Waals surface area contributed by atoms with Gasteiger partial charge in [-0.1, -0.05) is 12.1 Å². The van der Waals surface area contributed by atoms with Crippen molar-refractivity contribution >= 4 is 11.7 Å². The third kappa shape index (κ3) is 4.12. The van der Waals surface area contributed by atoms with Crippen LogP contribution in [-0.4, -0.2) is 17.6 Å². The number of carbonyl (C=O) groups is 1. The SMILES string of the molecule is Cc1ccc(NC/C=C/C(=O)O)cc1C(F)(F)F. The molecule has 2 N–H and O–H groups in total. The summed E-state index contributed by atoms with van der Waals surface area (Å²) in [7, 11) is 0. The van der Waals surface area contributed by atoms with E-state index in [9.17, 15) is 18.0 Å². The Hall–Kier alpha value is -1.98. The minimum Gasteiger partial charge on any atom is -0.478 e. The molecule has 1 aromatic carbocycles. The van der Waals surface area contributed by atoms with Gasteiger partial charge in [0.05, 0.1) is 5.56 Å². The fourth-order valence-electron chi connectivity index (χ4n) is 1.37. The summed E-state index contributed by atoms with van der Waals surface area (Å²) in [6.07, 6.45) is -2.15. The molecule has 0 saturated heterocycles. The summed E-state index contributed by atoms with van der Waals surface area (Å²) in [6.45, 7) is 1.53. The second-order valence-corrected chi connectivity index (χ2v) is 3.65. The van der Waals surface area contributed by atoms with E-state index >= 15 is 0 Å². The fraction of sp³-hybridized carbons (Fsp3) is 0.250. The summed E-state index contributed by atoms with van der Waals surface area (Å²) in [5.74, 6) is -1.10. The van der Waals surface area contributed by atoms with Crippen LogP contribution in [0.4, 0.5) is 18.9 Å². The van der Waals surface area contributed by atoms with Gasteiger partial charge in [0, 0.05) is 18.3 Å². The normalized spacial score (nSPS) is 11.8. The van der Waals surface area contributed by atoms with E-state index in [1.165, 1.54) is 25.1 Å². The number of nitrogens with one attached hydrogen (secondary N) is 1. The van der Waals surface area contributed by atoms with Crippen molar-refractivity contribution in [2.24, 2.45) is 0 Å². The summed E-state index contributed by atoms with van der Waals surface area (Å²) in [6, 6.07) is 3.88. The van der Waals surface area contributed by atoms with Crippen molar-refractivity contribution in [1.82, 2.24) is 0 Å². The first-order valence-corrected chi connectivity index (χ1v) is 5.12. The Bertz CT molecular complexity index is 467. The molecule has 0 amide bonds. The van der Waals surface area contributed by atoms with Gasteiger partial charge in [-0.15, -0.1) is 0 Å². The molecule has 0 spiro atoms. The molecule has 6 heteroatoms. The molecule has 0 aliphatic carbocycles. The zero-order valence-corrected chi connectivity index (χ0v) is 9.58. The Balaban J connectivity index is 2.77. The molecule has 0 unspecified atom stereocenters. The van der Waals surface area contributed by atoms with Crippen LogP contribution in [-0.2, 0) is 11.0 Å². The lowest BCUT2D eigenvalue weighted by Gasteiger charge is -2.12. The zero-order valence-electron chi connectivity index (χ0n) is 9.58. The van der Waals surface area contributed by atoms with E-state index in [-0.39, 0.29) is 12.1 Å². The second-order valence-electron chi connectivity index (χ2n) is 3.65. The number of hydrogen-bond acceptors (Lipinski definition) is 2. The van der Waals surface area contributed by atoms with Crippen LogP contribution in [0.1, 0.15) is 11.1 Å². The Kier molecular flexibility index (Phi) is 4.36. The Morgan fingerprint density at radius 2 is 2.11 bits per heavy atom. The lowest BCUT2D eigenvalue weighted by Crippen LogP contribution is -2.09. The van der Waals surface area contributed by atoms with Gasteiger partial charge in [-0.25, -0.2) is 4.79 Å². The lowest BCUT2D eigenvalue weighted by molar-refractivity contribution is -0.138. The van der Waals surface area contributed by atoms with Gasteiger partial charge >= 0.3 is 12.1 Å². The molecule has 1 aromatic rings. The van der Waals surface area contributed by atoms with E-state index in [0.29, 0.717) is 5.69 Å². The van der Waals surface area contributed by atoms with Crippen molar-refractivity contribution in [2.75, 3.05) is 11.9 Å². The number of halogens is 3. The maximum atomic E-state index is 12.6. The average molecular weight is 259 g/mol. The standard InChI is InChI=1S/C12H12F3NO2/c1-8-4-5-9(7-10(8)12(13,14)15)16-6-2-3-11(17)18/h2-5,7,16H,6H2,1H3,(H,17,18)/b3-2+. The van der Waals surface area contributed by atoms with Crippen LogP contribution in [0.5, 0.6) is 0 Å². The Morgan fingerprint density at radius 1 is 1.44 bits per heavy atom. The number of rotatable bonds is 4. The number of carboxylic acids is 1. The average Bonchev–Trinajstić information content (AvgIpc) is 2.24. The number of anilines is 1. The van der Waals surface area contributed by atoms with Crippen LogP contribution in [0, 0.1) is 6.92 Å². The van der Waals surface area contributed by atoms with E-state index < -0.39 is 17.7 Å². The quantitative estimate of drug-likeness (QED) is 0.817. The highest BCUT2D eigenvalue weighted by Crippen LogP contribution is 2.33. The van der Waals surface area contributed by atoms with Crippen molar-refractivity contribution in [1.29, 1.82) is 0 Å². The van der Waals surface area contributed by atoms with E-state index in [1.54, 1.807) is 0 Å². The molecule has 0 fully saturated rings. The molecule has 0 heterocycles. The maximum absolute atomic E-state index is 12.6. The molecule has 0 aliphatic heterocycles. The molecule has 18 heavy (non-hydrogen) atoms. The third-order valence-electron chi connectivity index (χ3n) is 2.23. The van der Waals surface area contributed by atoms with Crippen LogP contribution in [0.25, 0.3) is 0 Å². The molecular formula is C12H12F3NO2. The zero-order chi connectivity index (χ0) is 13.8. The van der Waals surface area contributed by atoms with Crippen molar-refractivity contribution < 1.29 is 23.1 Å². The second kappa shape index (κ2) is 5.57. The van der Waals surface area contributed by atoms with Gasteiger partial charge in [0.15, 0.2) is 0 Å². The van der Waals surface area contributed by atoms with Gasteiger partial charge in [-0.3, -0.25) is 0 Å². The molecule has 0 atom stereocenters. The van der Waals surface area contributed by atoms with Crippen molar-refractivity contribution in [2.45, 2.75) is 13.1 Å². The highest BCUT2D eigenvalue weighted by molar-refractivity contribution is 5.79. The van der Waals surface area contributed by atoms with Crippen molar-refractivity contribution in [3.8, 4) is 0 Å². The topological polar surface area (TPSA) is 49.3 Å². The molecule has 0 saturated carbocycles. The van der Waals surface area contributed by atoms with E-state index in [4.69, 9.17) is 5.11 Å². The van der Waals surface area contributed by atoms with Crippen LogP contribution in [0.15, 0.2) is 30.4 Å². The molecule has 0 bridgehead atoms. The van der Waals surface area contributed by atoms with Crippen LogP contribution >= 0.6 is 0 Å². The van der Waals surface area contributed by atoms with Crippen LogP contribution < -0.4 is 5.32 Å². The van der Waals surface area contributed by atoms with E-state index in [0.717, 1.165) is 12.1 Å². The van der Waals surface area contributed by atoms with Gasteiger partial charge in [-0.2, -0.15) is 13.2 Å². The first kappa shape index (κ1) is 14.1. The predicted molar refractivity (Wildman–Crippen MR) is 61.4 cm³/mol. The number of aliphatic carboxylic acids is 1. The first-order chi connectivity index (χ1) is 8.30. The van der Waals surface area contributed by atoms with Gasteiger partial charge in [0.1, 0.15) is 0 Å². The number of aryl methyl sites for hydroxylation is 1. The van der Waals surface area contributed by atoms with Crippen molar-refractivity contribution in [3.63, 3.8) is 0 Å². The summed E-state index contributed by atoms with van der Waals surface area (Å²) in [5, 5.41) is 11.0. The molecular weight excluding hydrogens is 247 g/mol. The fourth-order valence-corrected chi connectivity index (χ4v) is 1.37. The van der Waals surface area contributed by atoms with Gasteiger partial charge < -0.3 is 10.4 Å². The minimum absolute atomic E-state index is 0.145. The molecule has 1 rings (SSSR count). The molecule has 0 radical (unpaired) electrons. The first-order valence-electron chi connectivity index (χ1n) is 5.12. The largest absolute Gasteiger partial charge is 0.478 e. The van der Waals surface area contributed by atoms with Gasteiger partial charge in [0.25, 0.3) is 0 Å². The smallest absolute Gasteiger partial charge is 0.416 e. The molecule has 0 aromatic heterocycles. The maximum Gasteiger partial charge on any atom is 0.416 e.